The zero-order chi connectivity index (χ0) is 14.8. The number of nitrogens with two attached hydrogens (primary N) is 1. The minimum atomic E-state index is -4.16. The zero-order valence-corrected chi connectivity index (χ0v) is 10.9. The molecular weight excluding hydrogens is 271 g/mol. The maximum absolute atomic E-state index is 12.0. The lowest BCUT2D eigenvalue weighted by atomic mass is 10.1. The van der Waals surface area contributed by atoms with E-state index in [9.17, 15) is 13.2 Å². The minimum absolute atomic E-state index is 0.0741. The molecule has 0 fully saturated rings. The molecule has 2 aromatic rings. The van der Waals surface area contributed by atoms with Gasteiger partial charge in [0.2, 0.25) is 5.82 Å². The van der Waals surface area contributed by atoms with E-state index in [0.29, 0.717) is 17.1 Å². The van der Waals surface area contributed by atoms with Gasteiger partial charge in [0.15, 0.2) is 0 Å². The zero-order valence-electron chi connectivity index (χ0n) is 10.9. The van der Waals surface area contributed by atoms with Crippen LogP contribution in [0.5, 0.6) is 0 Å². The predicted molar refractivity (Wildman–Crippen MR) is 67.7 cm³/mol. The second kappa shape index (κ2) is 5.48. The van der Waals surface area contributed by atoms with Crippen LogP contribution >= 0.6 is 0 Å². The molecule has 0 amide bonds. The Morgan fingerprint density at radius 3 is 2.70 bits per heavy atom. The van der Waals surface area contributed by atoms with Gasteiger partial charge >= 0.3 is 6.18 Å². The van der Waals surface area contributed by atoms with Crippen LogP contribution in [0.1, 0.15) is 18.4 Å². The van der Waals surface area contributed by atoms with Gasteiger partial charge in [0.1, 0.15) is 0 Å². The van der Waals surface area contributed by atoms with E-state index in [0.717, 1.165) is 10.4 Å². The molecule has 8 heteroatoms. The summed E-state index contributed by atoms with van der Waals surface area (Å²) in [7, 11) is 0. The van der Waals surface area contributed by atoms with Gasteiger partial charge in [-0.3, -0.25) is 0 Å². The molecule has 5 nitrogen and oxygen atoms in total. The quantitative estimate of drug-likeness (QED) is 0.876. The summed E-state index contributed by atoms with van der Waals surface area (Å²) in [5, 5.41) is 11.6. The Labute approximate surface area is 113 Å². The first-order chi connectivity index (χ1) is 9.35. The average molecular weight is 285 g/mol. The lowest BCUT2D eigenvalue weighted by Gasteiger charge is -2.04. The van der Waals surface area contributed by atoms with Crippen LogP contribution in [0, 0.1) is 6.92 Å². The molecule has 0 atom stereocenters. The van der Waals surface area contributed by atoms with Crippen molar-refractivity contribution in [3.63, 3.8) is 0 Å². The normalized spacial score (nSPS) is 11.8. The van der Waals surface area contributed by atoms with E-state index in [1.807, 2.05) is 13.0 Å². The molecular formula is C12H14F3N5. The van der Waals surface area contributed by atoms with Crippen LogP contribution in [0.4, 0.5) is 18.9 Å². The third-order valence-corrected chi connectivity index (χ3v) is 2.81. The van der Waals surface area contributed by atoms with Gasteiger partial charge in [-0.15, -0.1) is 10.2 Å². The summed E-state index contributed by atoms with van der Waals surface area (Å²) < 4.78 is 36.1. The van der Waals surface area contributed by atoms with Gasteiger partial charge in [0, 0.05) is 17.7 Å². The fourth-order valence-corrected chi connectivity index (χ4v) is 1.65. The van der Waals surface area contributed by atoms with Crippen molar-refractivity contribution in [3.8, 4) is 11.4 Å². The Bertz CT molecular complexity index is 591. The number of alkyl halides is 3. The summed E-state index contributed by atoms with van der Waals surface area (Å²) in [4.78, 5) is 1.16. The van der Waals surface area contributed by atoms with Crippen molar-refractivity contribution in [3.05, 3.63) is 23.8 Å². The van der Waals surface area contributed by atoms with Crippen molar-refractivity contribution in [2.75, 3.05) is 5.73 Å². The third-order valence-electron chi connectivity index (χ3n) is 2.81. The van der Waals surface area contributed by atoms with Crippen molar-refractivity contribution in [1.29, 1.82) is 0 Å². The first kappa shape index (κ1) is 14.3. The van der Waals surface area contributed by atoms with Crippen LogP contribution in [0.2, 0.25) is 0 Å². The van der Waals surface area contributed by atoms with Gasteiger partial charge in [-0.25, -0.2) is 0 Å². The second-order valence-corrected chi connectivity index (χ2v) is 4.50. The second-order valence-electron chi connectivity index (χ2n) is 4.50. The van der Waals surface area contributed by atoms with Gasteiger partial charge < -0.3 is 5.73 Å². The van der Waals surface area contributed by atoms with Crippen molar-refractivity contribution >= 4 is 5.69 Å². The minimum Gasteiger partial charge on any atom is -0.398 e. The standard InChI is InChI=1S/C12H14F3N5/c1-8-3-4-9(7-10(8)16)11-17-19-20(18-11)6-2-5-12(13,14)15/h3-4,7H,2,5-6,16H2,1H3. The average Bonchev–Trinajstić information content (AvgIpc) is 2.80. The summed E-state index contributed by atoms with van der Waals surface area (Å²) in [6, 6.07) is 5.34. The van der Waals surface area contributed by atoms with Gasteiger partial charge in [-0.1, -0.05) is 12.1 Å². The van der Waals surface area contributed by atoms with Crippen LogP contribution < -0.4 is 5.73 Å². The van der Waals surface area contributed by atoms with Crippen molar-refractivity contribution in [1.82, 2.24) is 20.2 Å². The van der Waals surface area contributed by atoms with Crippen LogP contribution in [-0.4, -0.2) is 26.4 Å². The van der Waals surface area contributed by atoms with E-state index < -0.39 is 12.6 Å². The van der Waals surface area contributed by atoms with Gasteiger partial charge in [0.05, 0.1) is 6.54 Å². The maximum Gasteiger partial charge on any atom is 0.389 e. The molecule has 0 aliphatic carbocycles. The molecule has 2 N–H and O–H groups in total. The first-order valence-corrected chi connectivity index (χ1v) is 6.06. The summed E-state index contributed by atoms with van der Waals surface area (Å²) in [5.41, 5.74) is 8.02. The lowest BCUT2D eigenvalue weighted by molar-refractivity contribution is -0.136. The lowest BCUT2D eigenvalue weighted by Crippen LogP contribution is -2.10. The summed E-state index contributed by atoms with van der Waals surface area (Å²) in [6.45, 7) is 1.95. The molecule has 0 aliphatic heterocycles. The predicted octanol–water partition coefficient (Wildman–Crippen LogP) is 2.57. The van der Waals surface area contributed by atoms with E-state index in [-0.39, 0.29) is 13.0 Å². The van der Waals surface area contributed by atoms with E-state index >= 15 is 0 Å². The molecule has 2 rings (SSSR count). The number of rotatable bonds is 4. The number of aromatic nitrogens is 4. The van der Waals surface area contributed by atoms with Gasteiger partial charge in [-0.2, -0.15) is 18.0 Å². The van der Waals surface area contributed by atoms with Crippen LogP contribution in [0.3, 0.4) is 0 Å². The molecule has 1 aromatic carbocycles. The monoisotopic (exact) mass is 285 g/mol. The molecule has 0 spiro atoms. The number of benzene rings is 1. The molecule has 0 saturated carbocycles. The Balaban J connectivity index is 2.03. The number of halogens is 3. The fourth-order valence-electron chi connectivity index (χ4n) is 1.65. The Morgan fingerprint density at radius 1 is 1.30 bits per heavy atom. The SMILES string of the molecule is Cc1ccc(-c2nnn(CCCC(F)(F)F)n2)cc1N. The summed E-state index contributed by atoms with van der Waals surface area (Å²) in [5.74, 6) is 0.351. The topological polar surface area (TPSA) is 69.6 Å². The van der Waals surface area contributed by atoms with Crippen LogP contribution in [0.25, 0.3) is 11.4 Å². The first-order valence-electron chi connectivity index (χ1n) is 6.06. The molecule has 0 unspecified atom stereocenters. The number of tetrazole rings is 1. The van der Waals surface area contributed by atoms with Gasteiger partial charge in [0.25, 0.3) is 0 Å². The van der Waals surface area contributed by atoms with E-state index in [1.54, 1.807) is 12.1 Å². The molecule has 0 saturated heterocycles. The van der Waals surface area contributed by atoms with Crippen molar-refractivity contribution in [2.24, 2.45) is 0 Å². The third kappa shape index (κ3) is 3.69. The van der Waals surface area contributed by atoms with E-state index in [4.69, 9.17) is 5.73 Å². The highest BCUT2D eigenvalue weighted by Gasteiger charge is 2.26. The summed E-state index contributed by atoms with van der Waals surface area (Å²) >= 11 is 0. The van der Waals surface area contributed by atoms with Crippen molar-refractivity contribution < 1.29 is 13.2 Å². The molecule has 0 aliphatic rings. The van der Waals surface area contributed by atoms with Crippen molar-refractivity contribution in [2.45, 2.75) is 32.5 Å². The smallest absolute Gasteiger partial charge is 0.389 e. The Morgan fingerprint density at radius 2 is 2.05 bits per heavy atom. The van der Waals surface area contributed by atoms with E-state index in [1.165, 1.54) is 0 Å². The molecule has 1 heterocycles. The number of hydrogen-bond donors (Lipinski definition) is 1. The highest BCUT2D eigenvalue weighted by molar-refractivity contribution is 5.62. The van der Waals surface area contributed by atoms with E-state index in [2.05, 4.69) is 15.4 Å². The number of anilines is 1. The molecule has 0 radical (unpaired) electrons. The fraction of sp³-hybridized carbons (Fsp3) is 0.417. The van der Waals surface area contributed by atoms with Crippen LogP contribution in [0.15, 0.2) is 18.2 Å². The molecule has 0 bridgehead atoms. The molecule has 20 heavy (non-hydrogen) atoms. The largest absolute Gasteiger partial charge is 0.398 e. The molecule has 1 aromatic heterocycles. The Kier molecular flexibility index (Phi) is 3.91. The highest BCUT2D eigenvalue weighted by atomic mass is 19.4. The Hall–Kier alpha value is -2.12. The van der Waals surface area contributed by atoms with Crippen LogP contribution in [-0.2, 0) is 6.54 Å². The number of nitrogens with zero attached hydrogens (tertiary/aromatic N) is 4. The number of hydrogen-bond acceptors (Lipinski definition) is 4. The highest BCUT2D eigenvalue weighted by Crippen LogP contribution is 2.22. The maximum atomic E-state index is 12.0. The number of nitrogen functional groups attached to an aromatic ring is 1. The van der Waals surface area contributed by atoms with Gasteiger partial charge in [-0.05, 0) is 30.2 Å². The number of aryl methyl sites for hydroxylation is 2. The summed E-state index contributed by atoms with van der Waals surface area (Å²) in [6.07, 6.45) is -5.09. The molecule has 108 valence electrons.